The van der Waals surface area contributed by atoms with Crippen molar-refractivity contribution in [3.8, 4) is 23.7 Å². The number of hydrogen-bond donors (Lipinski definition) is 2. The number of piperidine rings is 1. The summed E-state index contributed by atoms with van der Waals surface area (Å²) < 4.78 is 35.4. The highest BCUT2D eigenvalue weighted by Gasteiger charge is 2.21. The van der Waals surface area contributed by atoms with Gasteiger partial charge in [0.05, 0.1) is 58.6 Å². The number of sulfone groups is 1. The van der Waals surface area contributed by atoms with Crippen molar-refractivity contribution in [2.24, 2.45) is 0 Å². The van der Waals surface area contributed by atoms with Crippen LogP contribution >= 0.6 is 11.3 Å². The molecule has 10 heteroatoms. The number of ether oxygens (including phenoxy) is 2. The van der Waals surface area contributed by atoms with Crippen LogP contribution in [0, 0.1) is 23.2 Å². The average Bonchev–Trinajstić information content (AvgIpc) is 3.28. The number of fused-ring (bicyclic) bond motifs is 1. The minimum atomic E-state index is -3.33. The van der Waals surface area contributed by atoms with Gasteiger partial charge < -0.3 is 25.0 Å². The number of nitrogens with one attached hydrogen (secondary N) is 2. The quantitative estimate of drug-likeness (QED) is 0.349. The number of thiophene rings is 1. The Hall–Kier alpha value is -3.28. The van der Waals surface area contributed by atoms with E-state index in [1.165, 1.54) is 13.2 Å². The minimum absolute atomic E-state index is 0.198. The van der Waals surface area contributed by atoms with Crippen LogP contribution in [0.25, 0.3) is 10.1 Å². The van der Waals surface area contributed by atoms with E-state index in [2.05, 4.69) is 45.6 Å². The van der Waals surface area contributed by atoms with E-state index in [9.17, 15) is 13.7 Å². The standard InChI is InChI=1S/C29H34N4O4S2/c1-36-19-18-33-16-12-21(13-17-33)32-26-7-4-6-24-23(11-14-30)28(38-29(24)26)8-5-15-31-25-10-9-22(39(3,34)35)20-27(25)37-2/h4,6-7,9-10,20-21,31-32H,11-13,15-19H2,1-3H3. The van der Waals surface area contributed by atoms with Gasteiger partial charge in [0.1, 0.15) is 5.75 Å². The van der Waals surface area contributed by atoms with Gasteiger partial charge >= 0.3 is 0 Å². The molecule has 2 N–H and O–H groups in total. The van der Waals surface area contributed by atoms with Crippen molar-refractivity contribution >= 4 is 42.6 Å². The van der Waals surface area contributed by atoms with Crippen LogP contribution < -0.4 is 15.4 Å². The lowest BCUT2D eigenvalue weighted by Crippen LogP contribution is -2.40. The summed E-state index contributed by atoms with van der Waals surface area (Å²) in [6, 6.07) is 13.6. The number of benzene rings is 2. The van der Waals surface area contributed by atoms with Crippen molar-refractivity contribution in [2.75, 3.05) is 63.9 Å². The van der Waals surface area contributed by atoms with Gasteiger partial charge in [0.15, 0.2) is 9.84 Å². The van der Waals surface area contributed by atoms with Crippen LogP contribution in [0.15, 0.2) is 41.3 Å². The van der Waals surface area contributed by atoms with Gasteiger partial charge in [-0.05, 0) is 31.0 Å². The highest BCUT2D eigenvalue weighted by molar-refractivity contribution is 7.90. The third kappa shape index (κ3) is 7.23. The summed E-state index contributed by atoms with van der Waals surface area (Å²) in [5.41, 5.74) is 2.71. The van der Waals surface area contributed by atoms with E-state index in [0.29, 0.717) is 30.4 Å². The van der Waals surface area contributed by atoms with Crippen molar-refractivity contribution in [3.63, 3.8) is 0 Å². The second-order valence-corrected chi connectivity index (χ2v) is 12.5. The number of nitriles is 1. The van der Waals surface area contributed by atoms with Gasteiger partial charge in [-0.15, -0.1) is 11.3 Å². The summed E-state index contributed by atoms with van der Waals surface area (Å²) in [6.07, 6.45) is 3.60. The smallest absolute Gasteiger partial charge is 0.175 e. The van der Waals surface area contributed by atoms with Gasteiger partial charge in [-0.2, -0.15) is 5.26 Å². The predicted molar refractivity (Wildman–Crippen MR) is 158 cm³/mol. The Morgan fingerprint density at radius 2 is 1.95 bits per heavy atom. The zero-order valence-electron chi connectivity index (χ0n) is 22.5. The summed E-state index contributed by atoms with van der Waals surface area (Å²) in [7, 11) is -0.0881. The van der Waals surface area contributed by atoms with Crippen LogP contribution in [-0.2, 0) is 21.0 Å². The number of methoxy groups -OCH3 is 2. The molecule has 3 aromatic rings. The van der Waals surface area contributed by atoms with Crippen molar-refractivity contribution in [1.82, 2.24) is 4.90 Å². The first-order chi connectivity index (χ1) is 18.8. The molecule has 1 fully saturated rings. The molecule has 39 heavy (non-hydrogen) atoms. The molecule has 8 nitrogen and oxygen atoms in total. The molecule has 206 valence electrons. The normalized spacial score (nSPS) is 14.4. The van der Waals surface area contributed by atoms with E-state index < -0.39 is 9.84 Å². The zero-order valence-corrected chi connectivity index (χ0v) is 24.2. The van der Waals surface area contributed by atoms with E-state index in [1.807, 2.05) is 6.07 Å². The second kappa shape index (κ2) is 13.2. The molecular formula is C29H34N4O4S2. The van der Waals surface area contributed by atoms with E-state index in [0.717, 1.165) is 71.6 Å². The summed E-state index contributed by atoms with van der Waals surface area (Å²) in [5.74, 6) is 6.85. The molecule has 0 spiro atoms. The Morgan fingerprint density at radius 3 is 2.64 bits per heavy atom. The van der Waals surface area contributed by atoms with Gasteiger partial charge in [0.2, 0.25) is 0 Å². The number of nitrogens with zero attached hydrogens (tertiary/aromatic N) is 2. The molecule has 0 saturated carbocycles. The first kappa shape index (κ1) is 28.7. The molecule has 1 saturated heterocycles. The molecule has 1 aromatic heterocycles. The van der Waals surface area contributed by atoms with Gasteiger partial charge in [-0.3, -0.25) is 0 Å². The maximum absolute atomic E-state index is 11.8. The topological polar surface area (TPSA) is 104 Å². The van der Waals surface area contributed by atoms with Crippen LogP contribution in [0.4, 0.5) is 11.4 Å². The molecule has 1 aliphatic heterocycles. The summed E-state index contributed by atoms with van der Waals surface area (Å²) in [6.45, 7) is 4.16. The van der Waals surface area contributed by atoms with Crippen LogP contribution in [0.1, 0.15) is 23.3 Å². The first-order valence-electron chi connectivity index (χ1n) is 12.8. The lowest BCUT2D eigenvalue weighted by atomic mass is 10.0. The fraction of sp³-hybridized carbons (Fsp3) is 0.414. The summed E-state index contributed by atoms with van der Waals surface area (Å²) in [4.78, 5) is 3.52. The number of hydrogen-bond acceptors (Lipinski definition) is 9. The molecule has 4 rings (SSSR count). The Labute approximate surface area is 234 Å². The molecule has 2 aromatic carbocycles. The molecular weight excluding hydrogens is 532 g/mol. The predicted octanol–water partition coefficient (Wildman–Crippen LogP) is 4.37. The largest absolute Gasteiger partial charge is 0.495 e. The molecule has 0 atom stereocenters. The Bertz CT molecular complexity index is 1510. The third-order valence-electron chi connectivity index (χ3n) is 6.80. The molecule has 0 bridgehead atoms. The monoisotopic (exact) mass is 566 g/mol. The fourth-order valence-electron chi connectivity index (χ4n) is 4.69. The van der Waals surface area contributed by atoms with Gasteiger partial charge in [-0.25, -0.2) is 8.42 Å². The number of rotatable bonds is 10. The number of anilines is 2. The van der Waals surface area contributed by atoms with Crippen molar-refractivity contribution in [2.45, 2.75) is 30.2 Å². The average molecular weight is 567 g/mol. The van der Waals surface area contributed by atoms with Gasteiger partial charge in [0, 0.05) is 56.1 Å². The molecule has 0 aliphatic carbocycles. The summed E-state index contributed by atoms with van der Waals surface area (Å²) >= 11 is 1.62. The zero-order chi connectivity index (χ0) is 27.8. The van der Waals surface area contributed by atoms with Crippen molar-refractivity contribution in [3.05, 3.63) is 46.8 Å². The first-order valence-corrected chi connectivity index (χ1v) is 15.5. The Morgan fingerprint density at radius 1 is 1.15 bits per heavy atom. The van der Waals surface area contributed by atoms with Gasteiger partial charge in [-0.1, -0.05) is 24.0 Å². The van der Waals surface area contributed by atoms with Gasteiger partial charge in [0.25, 0.3) is 0 Å². The lowest BCUT2D eigenvalue weighted by Gasteiger charge is -2.32. The lowest BCUT2D eigenvalue weighted by molar-refractivity contribution is 0.132. The van der Waals surface area contributed by atoms with E-state index >= 15 is 0 Å². The minimum Gasteiger partial charge on any atom is -0.495 e. The molecule has 2 heterocycles. The van der Waals surface area contributed by atoms with Crippen molar-refractivity contribution in [1.29, 1.82) is 5.26 Å². The number of likely N-dealkylation sites (tertiary alicyclic amines) is 1. The maximum atomic E-state index is 11.8. The fourth-order valence-corrected chi connectivity index (χ4v) is 6.50. The van der Waals surface area contributed by atoms with E-state index in [-0.39, 0.29) is 4.90 Å². The van der Waals surface area contributed by atoms with Crippen LogP contribution in [0.2, 0.25) is 0 Å². The Kier molecular flexibility index (Phi) is 9.71. The SMILES string of the molecule is COCCN1CCC(Nc2cccc3c(CC#N)c(C#CCNc4ccc(S(C)(=O)=O)cc4OC)sc23)CC1. The van der Waals surface area contributed by atoms with Crippen LogP contribution in [-0.4, -0.2) is 72.6 Å². The highest BCUT2D eigenvalue weighted by Crippen LogP contribution is 2.37. The molecule has 1 aliphatic rings. The molecule has 0 amide bonds. The molecule has 0 unspecified atom stereocenters. The molecule has 0 radical (unpaired) electrons. The maximum Gasteiger partial charge on any atom is 0.175 e. The third-order valence-corrected chi connectivity index (χ3v) is 9.11. The van der Waals surface area contributed by atoms with E-state index in [4.69, 9.17) is 9.47 Å². The van der Waals surface area contributed by atoms with E-state index in [1.54, 1.807) is 30.6 Å². The van der Waals surface area contributed by atoms with Crippen LogP contribution in [0.5, 0.6) is 5.75 Å². The Balaban J connectivity index is 1.49. The van der Waals surface area contributed by atoms with Crippen LogP contribution in [0.3, 0.4) is 0 Å². The summed E-state index contributed by atoms with van der Waals surface area (Å²) in [5, 5.41) is 17.5. The second-order valence-electron chi connectivity index (χ2n) is 9.47. The van der Waals surface area contributed by atoms with Crippen molar-refractivity contribution < 1.29 is 17.9 Å². The highest BCUT2D eigenvalue weighted by atomic mass is 32.2.